The maximum atomic E-state index is 12.5. The van der Waals surface area contributed by atoms with Crippen LogP contribution in [0.25, 0.3) is 11.0 Å². The maximum absolute atomic E-state index is 12.5. The summed E-state index contributed by atoms with van der Waals surface area (Å²) in [6, 6.07) is 6.87. The van der Waals surface area contributed by atoms with E-state index in [0.717, 1.165) is 5.39 Å². The normalized spacial score (nSPS) is 15.0. The fraction of sp³-hybridized carbons (Fsp3) is 0.375. The highest BCUT2D eigenvalue weighted by atomic mass is 35.5. The Labute approximate surface area is 139 Å². The average molecular weight is 336 g/mol. The number of carbonyl (C=O) groups excluding carboxylic acids is 2. The van der Waals surface area contributed by atoms with Crippen molar-refractivity contribution in [1.82, 2.24) is 15.1 Å². The molecule has 1 saturated heterocycles. The van der Waals surface area contributed by atoms with Gasteiger partial charge in [-0.05, 0) is 31.2 Å². The van der Waals surface area contributed by atoms with Crippen LogP contribution in [0.2, 0.25) is 5.02 Å². The molecule has 0 saturated carbocycles. The van der Waals surface area contributed by atoms with Gasteiger partial charge in [0.2, 0.25) is 0 Å². The van der Waals surface area contributed by atoms with Gasteiger partial charge < -0.3 is 19.5 Å². The largest absolute Gasteiger partial charge is 0.451 e. The van der Waals surface area contributed by atoms with Crippen LogP contribution in [0.15, 0.2) is 28.7 Å². The van der Waals surface area contributed by atoms with Crippen LogP contribution in [0.1, 0.15) is 17.5 Å². The van der Waals surface area contributed by atoms with Crippen LogP contribution < -0.4 is 5.32 Å². The summed E-state index contributed by atoms with van der Waals surface area (Å²) in [7, 11) is 0. The Morgan fingerprint density at radius 1 is 1.17 bits per heavy atom. The minimum absolute atomic E-state index is 0.0852. The smallest absolute Gasteiger partial charge is 0.317 e. The molecule has 0 bridgehead atoms. The SMILES string of the molecule is CCNC(=O)N1CCN(C(=O)c2cc3cc(Cl)ccc3o2)CC1. The standard InChI is InChI=1S/C16H18ClN3O3/c1-2-18-16(22)20-7-5-19(6-8-20)15(21)14-10-11-9-12(17)3-4-13(11)23-14/h3-4,9-10H,2,5-8H2,1H3,(H,18,22). The number of fused-ring (bicyclic) bond motifs is 1. The zero-order valence-corrected chi connectivity index (χ0v) is 13.6. The van der Waals surface area contributed by atoms with Gasteiger partial charge >= 0.3 is 6.03 Å². The fourth-order valence-corrected chi connectivity index (χ4v) is 2.83. The molecule has 122 valence electrons. The Hall–Kier alpha value is -2.21. The number of nitrogens with zero attached hydrogens (tertiary/aromatic N) is 2. The van der Waals surface area contributed by atoms with Crippen LogP contribution in [0.4, 0.5) is 4.79 Å². The van der Waals surface area contributed by atoms with Gasteiger partial charge in [-0.3, -0.25) is 4.79 Å². The van der Waals surface area contributed by atoms with Crippen molar-refractivity contribution in [3.63, 3.8) is 0 Å². The number of amides is 3. The number of hydrogen-bond acceptors (Lipinski definition) is 3. The second kappa shape index (κ2) is 6.50. The summed E-state index contributed by atoms with van der Waals surface area (Å²) in [5, 5.41) is 4.18. The third-order valence-corrected chi connectivity index (χ3v) is 4.11. The Balaban J connectivity index is 1.67. The zero-order valence-electron chi connectivity index (χ0n) is 12.8. The topological polar surface area (TPSA) is 65.8 Å². The molecule has 1 aromatic carbocycles. The Kier molecular flexibility index (Phi) is 4.43. The van der Waals surface area contributed by atoms with Crippen molar-refractivity contribution in [2.45, 2.75) is 6.92 Å². The van der Waals surface area contributed by atoms with Gasteiger partial charge in [0.1, 0.15) is 5.58 Å². The molecule has 1 N–H and O–H groups in total. The Bertz CT molecular complexity index is 735. The van der Waals surface area contributed by atoms with E-state index in [4.69, 9.17) is 16.0 Å². The quantitative estimate of drug-likeness (QED) is 0.917. The van der Waals surface area contributed by atoms with Crippen molar-refractivity contribution in [2.75, 3.05) is 32.7 Å². The van der Waals surface area contributed by atoms with E-state index in [0.29, 0.717) is 49.1 Å². The summed E-state index contributed by atoms with van der Waals surface area (Å²) < 4.78 is 5.61. The molecular formula is C16H18ClN3O3. The minimum atomic E-state index is -0.159. The molecule has 7 heteroatoms. The van der Waals surface area contributed by atoms with E-state index < -0.39 is 0 Å². The first kappa shape index (κ1) is 15.7. The Morgan fingerprint density at radius 2 is 1.87 bits per heavy atom. The maximum Gasteiger partial charge on any atom is 0.317 e. The molecule has 1 aliphatic rings. The molecule has 3 rings (SSSR count). The highest BCUT2D eigenvalue weighted by Crippen LogP contribution is 2.24. The number of hydrogen-bond donors (Lipinski definition) is 1. The van der Waals surface area contributed by atoms with Gasteiger partial charge in [0.15, 0.2) is 5.76 Å². The van der Waals surface area contributed by atoms with Gasteiger partial charge in [0.05, 0.1) is 0 Å². The van der Waals surface area contributed by atoms with E-state index in [9.17, 15) is 9.59 Å². The average Bonchev–Trinajstić information content (AvgIpc) is 2.97. The molecule has 0 radical (unpaired) electrons. The molecule has 23 heavy (non-hydrogen) atoms. The first-order valence-electron chi connectivity index (χ1n) is 7.59. The van der Waals surface area contributed by atoms with Crippen LogP contribution in [0.3, 0.4) is 0 Å². The van der Waals surface area contributed by atoms with Crippen molar-refractivity contribution in [2.24, 2.45) is 0 Å². The number of piperazine rings is 1. The summed E-state index contributed by atoms with van der Waals surface area (Å²) in [6.45, 7) is 4.50. The van der Waals surface area contributed by atoms with Gasteiger partial charge in [-0.1, -0.05) is 11.6 Å². The number of nitrogens with one attached hydrogen (secondary N) is 1. The van der Waals surface area contributed by atoms with Crippen LogP contribution in [-0.2, 0) is 0 Å². The Morgan fingerprint density at radius 3 is 2.57 bits per heavy atom. The van der Waals surface area contributed by atoms with Gasteiger partial charge in [-0.25, -0.2) is 4.79 Å². The third-order valence-electron chi connectivity index (χ3n) is 3.87. The fourth-order valence-electron chi connectivity index (χ4n) is 2.65. The van der Waals surface area contributed by atoms with E-state index in [1.807, 2.05) is 6.92 Å². The van der Waals surface area contributed by atoms with Gasteiger partial charge in [0.25, 0.3) is 5.91 Å². The molecule has 3 amide bonds. The van der Waals surface area contributed by atoms with E-state index in [-0.39, 0.29) is 11.9 Å². The molecule has 6 nitrogen and oxygen atoms in total. The zero-order chi connectivity index (χ0) is 16.4. The molecular weight excluding hydrogens is 318 g/mol. The predicted octanol–water partition coefficient (Wildman–Crippen LogP) is 2.57. The third kappa shape index (κ3) is 3.27. The van der Waals surface area contributed by atoms with Crippen LogP contribution in [0.5, 0.6) is 0 Å². The van der Waals surface area contributed by atoms with Crippen molar-refractivity contribution >= 4 is 34.5 Å². The highest BCUT2D eigenvalue weighted by Gasteiger charge is 2.26. The summed E-state index contributed by atoms with van der Waals surface area (Å²) >= 11 is 5.95. The lowest BCUT2D eigenvalue weighted by molar-refractivity contribution is 0.0636. The van der Waals surface area contributed by atoms with Crippen molar-refractivity contribution in [3.8, 4) is 0 Å². The van der Waals surface area contributed by atoms with Gasteiger partial charge in [-0.2, -0.15) is 0 Å². The van der Waals surface area contributed by atoms with Gasteiger partial charge in [0, 0.05) is 43.1 Å². The predicted molar refractivity (Wildman–Crippen MR) is 87.8 cm³/mol. The molecule has 1 aromatic heterocycles. The van der Waals surface area contributed by atoms with Crippen LogP contribution >= 0.6 is 11.6 Å². The summed E-state index contributed by atoms with van der Waals surface area (Å²) in [5.74, 6) is 0.140. The first-order chi connectivity index (χ1) is 11.1. The van der Waals surface area contributed by atoms with E-state index in [1.165, 1.54) is 0 Å². The second-order valence-corrected chi connectivity index (χ2v) is 5.84. The number of furan rings is 1. The summed E-state index contributed by atoms with van der Waals surface area (Å²) in [5.41, 5.74) is 0.638. The van der Waals surface area contributed by atoms with Crippen molar-refractivity contribution in [3.05, 3.63) is 35.0 Å². The first-order valence-corrected chi connectivity index (χ1v) is 7.97. The number of halogens is 1. The number of carbonyl (C=O) groups is 2. The monoisotopic (exact) mass is 335 g/mol. The lowest BCUT2D eigenvalue weighted by Gasteiger charge is -2.34. The molecule has 0 aliphatic carbocycles. The molecule has 0 atom stereocenters. The second-order valence-electron chi connectivity index (χ2n) is 5.41. The van der Waals surface area contributed by atoms with E-state index in [1.54, 1.807) is 34.1 Å². The van der Waals surface area contributed by atoms with Crippen molar-refractivity contribution < 1.29 is 14.0 Å². The lowest BCUT2D eigenvalue weighted by atomic mass is 10.2. The summed E-state index contributed by atoms with van der Waals surface area (Å²) in [4.78, 5) is 27.7. The molecule has 0 unspecified atom stereocenters. The molecule has 0 spiro atoms. The molecule has 1 fully saturated rings. The summed E-state index contributed by atoms with van der Waals surface area (Å²) in [6.07, 6.45) is 0. The van der Waals surface area contributed by atoms with Gasteiger partial charge in [-0.15, -0.1) is 0 Å². The molecule has 2 heterocycles. The molecule has 2 aromatic rings. The molecule has 1 aliphatic heterocycles. The number of benzene rings is 1. The minimum Gasteiger partial charge on any atom is -0.451 e. The number of rotatable bonds is 2. The van der Waals surface area contributed by atoms with E-state index >= 15 is 0 Å². The lowest BCUT2D eigenvalue weighted by Crippen LogP contribution is -2.53. The highest BCUT2D eigenvalue weighted by molar-refractivity contribution is 6.31. The van der Waals surface area contributed by atoms with Crippen LogP contribution in [0, 0.1) is 0 Å². The number of urea groups is 1. The van der Waals surface area contributed by atoms with Crippen LogP contribution in [-0.4, -0.2) is 54.5 Å². The van der Waals surface area contributed by atoms with E-state index in [2.05, 4.69) is 5.32 Å². The van der Waals surface area contributed by atoms with Crippen molar-refractivity contribution in [1.29, 1.82) is 0 Å².